The number of carbonyl (C=O) groups is 1. The average Bonchev–Trinajstić information content (AvgIpc) is 2.77. The zero-order chi connectivity index (χ0) is 25.1. The van der Waals surface area contributed by atoms with E-state index in [0.29, 0.717) is 15.7 Å². The zero-order valence-corrected chi connectivity index (χ0v) is 22.1. The monoisotopic (exact) mass is 564 g/mol. The first-order valence-corrected chi connectivity index (χ1v) is 14.4. The number of carbonyl (C=O) groups excluding carboxylic acids is 1. The van der Waals surface area contributed by atoms with E-state index in [1.165, 1.54) is 24.3 Å². The van der Waals surface area contributed by atoms with Crippen molar-refractivity contribution < 1.29 is 21.6 Å². The lowest BCUT2D eigenvalue weighted by Crippen LogP contribution is -2.41. The average molecular weight is 566 g/mol. The Labute approximate surface area is 208 Å². The predicted molar refractivity (Wildman–Crippen MR) is 136 cm³/mol. The van der Waals surface area contributed by atoms with Crippen molar-refractivity contribution in [2.24, 2.45) is 0 Å². The molecule has 180 valence electrons. The number of nitrogens with one attached hydrogen (secondary N) is 1. The highest BCUT2D eigenvalue weighted by Crippen LogP contribution is 2.26. The summed E-state index contributed by atoms with van der Waals surface area (Å²) in [6.07, 6.45) is 1.12. The minimum absolute atomic E-state index is 0.0790. The SMILES string of the molecule is Cc1ccc(S(=O)(=O)N(CC(=O)NC(C)c2ccc(S(C)(=O)=O)cc2)c2cccc(Br)c2)cc1. The van der Waals surface area contributed by atoms with Crippen LogP contribution in [0.25, 0.3) is 0 Å². The Bertz CT molecular complexity index is 1390. The summed E-state index contributed by atoms with van der Waals surface area (Å²) in [5.74, 6) is -0.504. The van der Waals surface area contributed by atoms with E-state index < -0.39 is 38.4 Å². The summed E-state index contributed by atoms with van der Waals surface area (Å²) < 4.78 is 52.0. The van der Waals surface area contributed by atoms with Gasteiger partial charge in [0, 0.05) is 10.7 Å². The molecule has 3 aromatic carbocycles. The van der Waals surface area contributed by atoms with Crippen molar-refractivity contribution in [2.75, 3.05) is 17.1 Å². The van der Waals surface area contributed by atoms with Crippen LogP contribution in [0.1, 0.15) is 24.1 Å². The van der Waals surface area contributed by atoms with Crippen LogP contribution in [-0.2, 0) is 24.7 Å². The molecule has 0 fully saturated rings. The molecule has 0 radical (unpaired) electrons. The fourth-order valence-electron chi connectivity index (χ4n) is 3.29. The van der Waals surface area contributed by atoms with E-state index in [-0.39, 0.29) is 9.79 Å². The van der Waals surface area contributed by atoms with Gasteiger partial charge >= 0.3 is 0 Å². The van der Waals surface area contributed by atoms with Crippen LogP contribution in [0.2, 0.25) is 0 Å². The van der Waals surface area contributed by atoms with Crippen molar-refractivity contribution in [2.45, 2.75) is 29.7 Å². The normalized spacial score (nSPS) is 12.7. The number of hydrogen-bond donors (Lipinski definition) is 1. The van der Waals surface area contributed by atoms with Gasteiger partial charge in [-0.15, -0.1) is 0 Å². The summed E-state index contributed by atoms with van der Waals surface area (Å²) in [7, 11) is -7.35. The maximum Gasteiger partial charge on any atom is 0.264 e. The number of benzene rings is 3. The van der Waals surface area contributed by atoms with Crippen LogP contribution in [0.4, 0.5) is 5.69 Å². The van der Waals surface area contributed by atoms with Crippen molar-refractivity contribution >= 4 is 47.4 Å². The third kappa shape index (κ3) is 6.25. The lowest BCUT2D eigenvalue weighted by atomic mass is 10.1. The lowest BCUT2D eigenvalue weighted by Gasteiger charge is -2.25. The molecule has 1 atom stereocenters. The number of sulfonamides is 1. The highest BCUT2D eigenvalue weighted by atomic mass is 79.9. The van der Waals surface area contributed by atoms with E-state index in [0.717, 1.165) is 16.1 Å². The summed E-state index contributed by atoms with van der Waals surface area (Å²) in [5.41, 5.74) is 1.95. The van der Waals surface area contributed by atoms with Crippen LogP contribution in [-0.4, -0.2) is 35.5 Å². The molecular weight excluding hydrogens is 540 g/mol. The second kappa shape index (κ2) is 10.3. The van der Waals surface area contributed by atoms with Gasteiger partial charge in [-0.3, -0.25) is 9.10 Å². The molecule has 0 aliphatic carbocycles. The number of nitrogens with zero attached hydrogens (tertiary/aromatic N) is 1. The minimum Gasteiger partial charge on any atom is -0.348 e. The second-order valence-electron chi connectivity index (χ2n) is 7.94. The summed E-state index contributed by atoms with van der Waals surface area (Å²) >= 11 is 3.35. The molecule has 10 heteroatoms. The first-order valence-electron chi connectivity index (χ1n) is 10.3. The number of anilines is 1. The molecule has 0 bridgehead atoms. The van der Waals surface area contributed by atoms with Gasteiger partial charge in [0.2, 0.25) is 5.91 Å². The highest BCUT2D eigenvalue weighted by molar-refractivity contribution is 9.10. The highest BCUT2D eigenvalue weighted by Gasteiger charge is 2.28. The topological polar surface area (TPSA) is 101 Å². The fourth-order valence-corrected chi connectivity index (χ4v) is 5.72. The Kier molecular flexibility index (Phi) is 7.84. The number of rotatable bonds is 8. The Morgan fingerprint density at radius 1 is 0.941 bits per heavy atom. The summed E-state index contributed by atoms with van der Waals surface area (Å²) in [6, 6.07) is 18.9. The van der Waals surface area contributed by atoms with Crippen molar-refractivity contribution in [3.05, 3.63) is 88.4 Å². The third-order valence-electron chi connectivity index (χ3n) is 5.18. The molecule has 0 spiro atoms. The maximum atomic E-state index is 13.5. The van der Waals surface area contributed by atoms with Gasteiger partial charge < -0.3 is 5.32 Å². The van der Waals surface area contributed by atoms with E-state index in [9.17, 15) is 21.6 Å². The van der Waals surface area contributed by atoms with Gasteiger partial charge in [-0.05, 0) is 61.9 Å². The molecule has 7 nitrogen and oxygen atoms in total. The van der Waals surface area contributed by atoms with Gasteiger partial charge in [0.15, 0.2) is 9.84 Å². The Balaban J connectivity index is 1.86. The van der Waals surface area contributed by atoms with Crippen LogP contribution < -0.4 is 9.62 Å². The molecule has 1 amide bonds. The molecule has 0 heterocycles. The summed E-state index contributed by atoms with van der Waals surface area (Å²) in [4.78, 5) is 13.2. The first kappa shape index (κ1) is 25.9. The second-order valence-corrected chi connectivity index (χ2v) is 12.7. The number of halogens is 1. The molecule has 1 unspecified atom stereocenters. The molecule has 3 rings (SSSR count). The van der Waals surface area contributed by atoms with Gasteiger partial charge in [0.1, 0.15) is 6.54 Å². The summed E-state index contributed by atoms with van der Waals surface area (Å²) in [5, 5.41) is 2.80. The molecule has 0 saturated heterocycles. The number of aryl methyl sites for hydroxylation is 1. The Morgan fingerprint density at radius 3 is 2.09 bits per heavy atom. The first-order chi connectivity index (χ1) is 15.9. The lowest BCUT2D eigenvalue weighted by molar-refractivity contribution is -0.120. The standard InChI is InChI=1S/C24H25BrN2O5S2/c1-17-7-11-23(12-8-17)34(31,32)27(21-6-4-5-20(25)15-21)16-24(28)26-18(2)19-9-13-22(14-10-19)33(3,29)30/h4-15,18H,16H2,1-3H3,(H,26,28). The van der Waals surface area contributed by atoms with Crippen LogP contribution >= 0.6 is 15.9 Å². The van der Waals surface area contributed by atoms with Crippen molar-refractivity contribution in [3.8, 4) is 0 Å². The number of hydrogen-bond acceptors (Lipinski definition) is 5. The fraction of sp³-hybridized carbons (Fsp3) is 0.208. The van der Waals surface area contributed by atoms with Crippen molar-refractivity contribution in [1.29, 1.82) is 0 Å². The molecule has 3 aromatic rings. The molecular formula is C24H25BrN2O5S2. The van der Waals surface area contributed by atoms with Gasteiger partial charge in [-0.25, -0.2) is 16.8 Å². The van der Waals surface area contributed by atoms with Crippen molar-refractivity contribution in [3.63, 3.8) is 0 Å². The van der Waals surface area contributed by atoms with Crippen LogP contribution in [0, 0.1) is 6.92 Å². The van der Waals surface area contributed by atoms with Crippen LogP contribution in [0.5, 0.6) is 0 Å². The van der Waals surface area contributed by atoms with Crippen LogP contribution in [0.3, 0.4) is 0 Å². The minimum atomic E-state index is -4.02. The molecule has 0 aromatic heterocycles. The molecule has 0 aliphatic rings. The van der Waals surface area contributed by atoms with E-state index in [1.54, 1.807) is 55.5 Å². The third-order valence-corrected chi connectivity index (χ3v) is 8.59. The van der Waals surface area contributed by atoms with Gasteiger partial charge in [0.05, 0.1) is 21.5 Å². The number of sulfone groups is 1. The smallest absolute Gasteiger partial charge is 0.264 e. The van der Waals surface area contributed by atoms with E-state index in [2.05, 4.69) is 21.2 Å². The van der Waals surface area contributed by atoms with Gasteiger partial charge in [0.25, 0.3) is 10.0 Å². The van der Waals surface area contributed by atoms with Gasteiger partial charge in [-0.1, -0.05) is 51.8 Å². The quantitative estimate of drug-likeness (QED) is 0.441. The van der Waals surface area contributed by atoms with Gasteiger partial charge in [-0.2, -0.15) is 0 Å². The molecule has 34 heavy (non-hydrogen) atoms. The Morgan fingerprint density at radius 2 is 1.53 bits per heavy atom. The van der Waals surface area contributed by atoms with E-state index in [1.807, 2.05) is 6.92 Å². The zero-order valence-electron chi connectivity index (χ0n) is 18.9. The number of amides is 1. The maximum absolute atomic E-state index is 13.5. The van der Waals surface area contributed by atoms with E-state index >= 15 is 0 Å². The predicted octanol–water partition coefficient (Wildman–Crippen LogP) is 4.23. The summed E-state index contributed by atoms with van der Waals surface area (Å²) in [6.45, 7) is 3.17. The molecule has 1 N–H and O–H groups in total. The van der Waals surface area contributed by atoms with Crippen molar-refractivity contribution in [1.82, 2.24) is 5.32 Å². The van der Waals surface area contributed by atoms with E-state index in [4.69, 9.17) is 0 Å². The molecule has 0 saturated carbocycles. The Hall–Kier alpha value is -2.69. The molecule has 0 aliphatic heterocycles. The van der Waals surface area contributed by atoms with Crippen LogP contribution in [0.15, 0.2) is 87.1 Å². The largest absolute Gasteiger partial charge is 0.348 e.